The van der Waals surface area contributed by atoms with Gasteiger partial charge in [-0.3, -0.25) is 9.59 Å². The normalized spacial score (nSPS) is 17.5. The van der Waals surface area contributed by atoms with Crippen LogP contribution in [0.5, 0.6) is 0 Å². The summed E-state index contributed by atoms with van der Waals surface area (Å²) in [7, 11) is 0. The first-order chi connectivity index (χ1) is 13.6. The smallest absolute Gasteiger partial charge is 0.253 e. The molecule has 0 atom stereocenters. The van der Waals surface area contributed by atoms with Crippen molar-refractivity contribution in [1.29, 1.82) is 0 Å². The van der Waals surface area contributed by atoms with Crippen molar-refractivity contribution in [3.05, 3.63) is 51.5 Å². The first kappa shape index (κ1) is 19.1. The molecule has 2 amide bonds. The zero-order valence-electron chi connectivity index (χ0n) is 16.3. The molecule has 2 heterocycles. The third-order valence-electron chi connectivity index (χ3n) is 5.63. The maximum atomic E-state index is 12.7. The summed E-state index contributed by atoms with van der Waals surface area (Å²) in [4.78, 5) is 31.1. The number of nitrogens with zero attached hydrogens (tertiary/aromatic N) is 2. The average molecular weight is 398 g/mol. The van der Waals surface area contributed by atoms with Crippen molar-refractivity contribution in [2.75, 3.05) is 19.6 Å². The molecule has 0 radical (unpaired) electrons. The number of nitrogens with one attached hydrogen (secondary N) is 1. The van der Waals surface area contributed by atoms with E-state index in [1.807, 2.05) is 36.1 Å². The molecule has 1 aromatic carbocycles. The third-order valence-corrected chi connectivity index (χ3v) is 6.68. The molecule has 1 saturated heterocycles. The number of rotatable bonds is 6. The van der Waals surface area contributed by atoms with Crippen molar-refractivity contribution in [2.24, 2.45) is 5.92 Å². The number of hydrogen-bond donors (Lipinski definition) is 1. The summed E-state index contributed by atoms with van der Waals surface area (Å²) >= 11 is 1.71. The Morgan fingerprint density at radius 3 is 2.54 bits per heavy atom. The van der Waals surface area contributed by atoms with Crippen LogP contribution in [0.3, 0.4) is 0 Å². The van der Waals surface area contributed by atoms with E-state index in [1.165, 1.54) is 10.6 Å². The van der Waals surface area contributed by atoms with Crippen molar-refractivity contribution in [3.8, 4) is 0 Å². The van der Waals surface area contributed by atoms with Gasteiger partial charge in [-0.1, -0.05) is 17.7 Å². The largest absolute Gasteiger partial charge is 0.355 e. The lowest BCUT2D eigenvalue weighted by Gasteiger charge is -2.31. The van der Waals surface area contributed by atoms with E-state index >= 15 is 0 Å². The Hall–Kier alpha value is -2.21. The molecule has 0 unspecified atom stereocenters. The highest BCUT2D eigenvalue weighted by atomic mass is 32.1. The van der Waals surface area contributed by atoms with Crippen molar-refractivity contribution in [1.82, 2.24) is 15.2 Å². The van der Waals surface area contributed by atoms with E-state index in [0.717, 1.165) is 56.5 Å². The molecular formula is C22H27N3O2S. The summed E-state index contributed by atoms with van der Waals surface area (Å²) in [6.45, 7) is 4.26. The summed E-state index contributed by atoms with van der Waals surface area (Å²) in [6.07, 6.45) is 4.79. The van der Waals surface area contributed by atoms with Gasteiger partial charge in [0.05, 0.1) is 10.7 Å². The summed E-state index contributed by atoms with van der Waals surface area (Å²) in [5.74, 6) is 1.02. The molecule has 0 bridgehead atoms. The van der Waals surface area contributed by atoms with Crippen molar-refractivity contribution >= 4 is 23.2 Å². The zero-order chi connectivity index (χ0) is 19.5. The van der Waals surface area contributed by atoms with Crippen LogP contribution in [-0.2, 0) is 11.2 Å². The molecule has 4 rings (SSSR count). The van der Waals surface area contributed by atoms with E-state index in [9.17, 15) is 9.59 Å². The minimum atomic E-state index is 0.129. The van der Waals surface area contributed by atoms with Crippen molar-refractivity contribution in [3.63, 3.8) is 0 Å². The molecule has 1 N–H and O–H groups in total. The summed E-state index contributed by atoms with van der Waals surface area (Å²) < 4.78 is 0. The number of hydrogen-bond acceptors (Lipinski definition) is 4. The molecule has 1 aliphatic carbocycles. The van der Waals surface area contributed by atoms with Crippen LogP contribution in [0, 0.1) is 12.8 Å². The van der Waals surface area contributed by atoms with E-state index in [-0.39, 0.29) is 17.7 Å². The standard InChI is InChI=1S/C22H27N3O2S/c1-15-2-4-18(5-3-15)22(27)25-12-9-17(10-13-25)21-24-19(14-28-21)8-11-23-20(26)16-6-7-16/h2-5,14,16-17H,6-13H2,1H3,(H,23,26). The van der Waals surface area contributed by atoms with Crippen LogP contribution in [0.4, 0.5) is 0 Å². The molecule has 28 heavy (non-hydrogen) atoms. The second-order valence-electron chi connectivity index (χ2n) is 7.92. The molecule has 1 aromatic heterocycles. The zero-order valence-corrected chi connectivity index (χ0v) is 17.1. The number of aromatic nitrogens is 1. The van der Waals surface area contributed by atoms with Crippen LogP contribution in [0.15, 0.2) is 29.6 Å². The fourth-order valence-corrected chi connectivity index (χ4v) is 4.66. The Morgan fingerprint density at radius 2 is 1.86 bits per heavy atom. The lowest BCUT2D eigenvalue weighted by Crippen LogP contribution is -2.37. The predicted octanol–water partition coefficient (Wildman–Crippen LogP) is 3.54. The minimum absolute atomic E-state index is 0.129. The van der Waals surface area contributed by atoms with Crippen LogP contribution in [0.1, 0.15) is 58.2 Å². The molecule has 1 saturated carbocycles. The topological polar surface area (TPSA) is 62.3 Å². The fraction of sp³-hybridized carbons (Fsp3) is 0.500. The van der Waals surface area contributed by atoms with Gasteiger partial charge in [-0.05, 0) is 44.7 Å². The number of thiazole rings is 1. The molecule has 6 heteroatoms. The molecule has 0 spiro atoms. The Bertz CT molecular complexity index is 834. The monoisotopic (exact) mass is 397 g/mol. The Labute approximate surface area is 170 Å². The Balaban J connectivity index is 1.25. The van der Waals surface area contributed by atoms with E-state index in [2.05, 4.69) is 10.7 Å². The van der Waals surface area contributed by atoms with Crippen LogP contribution >= 0.6 is 11.3 Å². The van der Waals surface area contributed by atoms with Crippen LogP contribution < -0.4 is 5.32 Å². The lowest BCUT2D eigenvalue weighted by molar-refractivity contribution is -0.122. The van der Waals surface area contributed by atoms with Gasteiger partial charge >= 0.3 is 0 Å². The number of carbonyl (C=O) groups excluding carboxylic acids is 2. The van der Waals surface area contributed by atoms with Crippen LogP contribution in [0.25, 0.3) is 0 Å². The number of amides is 2. The Kier molecular flexibility index (Phi) is 5.76. The number of piperidine rings is 1. The lowest BCUT2D eigenvalue weighted by atomic mass is 9.97. The second-order valence-corrected chi connectivity index (χ2v) is 8.81. The molecular weight excluding hydrogens is 370 g/mol. The van der Waals surface area contributed by atoms with Gasteiger partial charge in [0.25, 0.3) is 5.91 Å². The minimum Gasteiger partial charge on any atom is -0.355 e. The molecule has 1 aliphatic heterocycles. The molecule has 2 aromatic rings. The molecule has 2 fully saturated rings. The highest BCUT2D eigenvalue weighted by Gasteiger charge is 2.29. The first-order valence-corrected chi connectivity index (χ1v) is 11.1. The summed E-state index contributed by atoms with van der Waals surface area (Å²) in [5.41, 5.74) is 3.00. The predicted molar refractivity (Wildman–Crippen MR) is 111 cm³/mol. The molecule has 5 nitrogen and oxygen atoms in total. The van der Waals surface area contributed by atoms with Gasteiger partial charge in [0.2, 0.25) is 5.91 Å². The van der Waals surface area contributed by atoms with Gasteiger partial charge < -0.3 is 10.2 Å². The number of likely N-dealkylation sites (tertiary alicyclic amines) is 1. The van der Waals surface area contributed by atoms with Gasteiger partial charge in [0, 0.05) is 48.8 Å². The van der Waals surface area contributed by atoms with Gasteiger partial charge in [0.15, 0.2) is 0 Å². The van der Waals surface area contributed by atoms with Crippen LogP contribution in [-0.4, -0.2) is 41.3 Å². The SMILES string of the molecule is Cc1ccc(C(=O)N2CCC(c3nc(CCNC(=O)C4CC4)cs3)CC2)cc1. The molecule has 2 aliphatic rings. The number of benzene rings is 1. The maximum Gasteiger partial charge on any atom is 0.253 e. The fourth-order valence-electron chi connectivity index (χ4n) is 3.64. The maximum absolute atomic E-state index is 12.7. The highest BCUT2D eigenvalue weighted by Crippen LogP contribution is 2.31. The first-order valence-electron chi connectivity index (χ1n) is 10.2. The average Bonchev–Trinajstić information content (AvgIpc) is 3.47. The van der Waals surface area contributed by atoms with Crippen molar-refractivity contribution < 1.29 is 9.59 Å². The van der Waals surface area contributed by atoms with E-state index in [4.69, 9.17) is 4.98 Å². The van der Waals surface area contributed by atoms with Gasteiger partial charge in [-0.25, -0.2) is 4.98 Å². The van der Waals surface area contributed by atoms with E-state index < -0.39 is 0 Å². The quantitative estimate of drug-likeness (QED) is 0.811. The Morgan fingerprint density at radius 1 is 1.14 bits per heavy atom. The van der Waals surface area contributed by atoms with Gasteiger partial charge in [0.1, 0.15) is 0 Å². The summed E-state index contributed by atoms with van der Waals surface area (Å²) in [5, 5.41) is 6.29. The van der Waals surface area contributed by atoms with Crippen molar-refractivity contribution in [2.45, 2.75) is 44.9 Å². The van der Waals surface area contributed by atoms with Gasteiger partial charge in [-0.2, -0.15) is 0 Å². The summed E-state index contributed by atoms with van der Waals surface area (Å²) in [6, 6.07) is 7.81. The van der Waals surface area contributed by atoms with E-state index in [1.54, 1.807) is 11.3 Å². The van der Waals surface area contributed by atoms with Gasteiger partial charge in [-0.15, -0.1) is 11.3 Å². The van der Waals surface area contributed by atoms with Crippen LogP contribution in [0.2, 0.25) is 0 Å². The number of carbonyl (C=O) groups is 2. The third kappa shape index (κ3) is 4.61. The number of aryl methyl sites for hydroxylation is 1. The second kappa shape index (κ2) is 8.43. The highest BCUT2D eigenvalue weighted by molar-refractivity contribution is 7.09. The molecule has 148 valence electrons. The van der Waals surface area contributed by atoms with E-state index in [0.29, 0.717) is 12.5 Å².